The van der Waals surface area contributed by atoms with Gasteiger partial charge in [-0.1, -0.05) is 48.5 Å². The maximum Gasteiger partial charge on any atom is 0.222 e. The van der Waals surface area contributed by atoms with Crippen molar-refractivity contribution in [1.29, 1.82) is 0 Å². The molecular weight excluding hydrogens is 317 g/mol. The first-order valence-electron chi connectivity index (χ1n) is 8.07. The van der Waals surface area contributed by atoms with E-state index >= 15 is 0 Å². The Labute approximate surface area is 146 Å². The molecule has 0 spiro atoms. The minimum absolute atomic E-state index is 0.297. The average molecular weight is 337 g/mol. The molecule has 128 valence electrons. The van der Waals surface area contributed by atoms with Crippen LogP contribution in [-0.4, -0.2) is 27.2 Å². The summed E-state index contributed by atoms with van der Waals surface area (Å²) in [4.78, 5) is 8.40. The SMILES string of the molecule is CC(C)(O)CNc1ncc(-c2cccc(-c3ccccc3)c2F)cn1. The summed E-state index contributed by atoms with van der Waals surface area (Å²) in [6.07, 6.45) is 3.15. The van der Waals surface area contributed by atoms with Gasteiger partial charge < -0.3 is 10.4 Å². The van der Waals surface area contributed by atoms with Crippen LogP contribution in [0.25, 0.3) is 22.3 Å². The summed E-state index contributed by atoms with van der Waals surface area (Å²) in [5.41, 5.74) is 1.56. The molecule has 0 aliphatic carbocycles. The lowest BCUT2D eigenvalue weighted by Gasteiger charge is -2.17. The van der Waals surface area contributed by atoms with Crippen LogP contribution in [0.2, 0.25) is 0 Å². The highest BCUT2D eigenvalue weighted by Crippen LogP contribution is 2.30. The molecule has 5 heteroatoms. The molecule has 2 N–H and O–H groups in total. The van der Waals surface area contributed by atoms with Crippen molar-refractivity contribution < 1.29 is 9.50 Å². The summed E-state index contributed by atoms with van der Waals surface area (Å²) in [6, 6.07) is 14.7. The largest absolute Gasteiger partial charge is 0.389 e. The lowest BCUT2D eigenvalue weighted by Crippen LogP contribution is -2.29. The monoisotopic (exact) mass is 337 g/mol. The van der Waals surface area contributed by atoms with E-state index < -0.39 is 5.60 Å². The van der Waals surface area contributed by atoms with E-state index in [4.69, 9.17) is 0 Å². The van der Waals surface area contributed by atoms with Gasteiger partial charge in [0.05, 0.1) is 5.60 Å². The van der Waals surface area contributed by atoms with Crippen LogP contribution in [0.3, 0.4) is 0 Å². The molecule has 0 aliphatic rings. The van der Waals surface area contributed by atoms with Gasteiger partial charge in [0.15, 0.2) is 0 Å². The maximum absolute atomic E-state index is 14.9. The zero-order valence-corrected chi connectivity index (χ0v) is 14.2. The second-order valence-corrected chi connectivity index (χ2v) is 6.49. The molecule has 1 heterocycles. The molecular formula is C20H20FN3O. The lowest BCUT2D eigenvalue weighted by molar-refractivity contribution is 0.0943. The number of benzene rings is 2. The van der Waals surface area contributed by atoms with E-state index in [-0.39, 0.29) is 5.82 Å². The first kappa shape index (κ1) is 17.0. The predicted molar refractivity (Wildman–Crippen MR) is 97.6 cm³/mol. The van der Waals surface area contributed by atoms with E-state index in [1.807, 2.05) is 36.4 Å². The van der Waals surface area contributed by atoms with Crippen molar-refractivity contribution in [2.75, 3.05) is 11.9 Å². The van der Waals surface area contributed by atoms with Crippen molar-refractivity contribution in [2.45, 2.75) is 19.4 Å². The van der Waals surface area contributed by atoms with Crippen LogP contribution in [0.1, 0.15) is 13.8 Å². The molecule has 0 bridgehead atoms. The third-order valence-electron chi connectivity index (χ3n) is 3.73. The van der Waals surface area contributed by atoms with Crippen molar-refractivity contribution in [3.8, 4) is 22.3 Å². The van der Waals surface area contributed by atoms with Crippen LogP contribution in [-0.2, 0) is 0 Å². The van der Waals surface area contributed by atoms with Gasteiger partial charge in [0.25, 0.3) is 0 Å². The Balaban J connectivity index is 1.87. The first-order chi connectivity index (χ1) is 11.9. The molecule has 0 radical (unpaired) electrons. The van der Waals surface area contributed by atoms with Gasteiger partial charge in [-0.3, -0.25) is 0 Å². The van der Waals surface area contributed by atoms with Crippen LogP contribution in [0.5, 0.6) is 0 Å². The molecule has 0 atom stereocenters. The Bertz CT molecular complexity index is 843. The third-order valence-corrected chi connectivity index (χ3v) is 3.73. The molecule has 0 amide bonds. The lowest BCUT2D eigenvalue weighted by atomic mass is 9.99. The molecule has 0 saturated carbocycles. The zero-order valence-electron chi connectivity index (χ0n) is 14.2. The number of rotatable bonds is 5. The quantitative estimate of drug-likeness (QED) is 0.735. The highest BCUT2D eigenvalue weighted by atomic mass is 19.1. The Morgan fingerprint density at radius 1 is 0.920 bits per heavy atom. The number of aliphatic hydroxyl groups is 1. The Morgan fingerprint density at radius 3 is 2.12 bits per heavy atom. The van der Waals surface area contributed by atoms with Crippen molar-refractivity contribution in [2.24, 2.45) is 0 Å². The summed E-state index contributed by atoms with van der Waals surface area (Å²) in [6.45, 7) is 3.71. The Kier molecular flexibility index (Phi) is 4.76. The molecule has 3 rings (SSSR count). The van der Waals surface area contributed by atoms with E-state index in [9.17, 15) is 9.50 Å². The minimum atomic E-state index is -0.863. The Hall–Kier alpha value is -2.79. The molecule has 2 aromatic carbocycles. The van der Waals surface area contributed by atoms with Crippen molar-refractivity contribution in [3.63, 3.8) is 0 Å². The Morgan fingerprint density at radius 2 is 1.52 bits per heavy atom. The summed E-state index contributed by atoms with van der Waals surface area (Å²) < 4.78 is 14.9. The maximum atomic E-state index is 14.9. The first-order valence-corrected chi connectivity index (χ1v) is 8.07. The molecule has 0 aliphatic heterocycles. The fraction of sp³-hybridized carbons (Fsp3) is 0.200. The normalized spacial score (nSPS) is 11.4. The molecule has 1 aromatic heterocycles. The van der Waals surface area contributed by atoms with Gasteiger partial charge in [0.1, 0.15) is 5.82 Å². The van der Waals surface area contributed by atoms with Gasteiger partial charge in [-0.25, -0.2) is 14.4 Å². The number of hydrogen-bond acceptors (Lipinski definition) is 4. The van der Waals surface area contributed by atoms with Gasteiger partial charge in [0.2, 0.25) is 5.95 Å². The number of nitrogens with one attached hydrogen (secondary N) is 1. The van der Waals surface area contributed by atoms with Gasteiger partial charge in [0, 0.05) is 35.6 Å². The van der Waals surface area contributed by atoms with E-state index in [2.05, 4.69) is 15.3 Å². The van der Waals surface area contributed by atoms with Gasteiger partial charge in [-0.15, -0.1) is 0 Å². The van der Waals surface area contributed by atoms with Crippen molar-refractivity contribution >= 4 is 5.95 Å². The molecule has 3 aromatic rings. The predicted octanol–water partition coefficient (Wildman–Crippen LogP) is 4.13. The van der Waals surface area contributed by atoms with Crippen LogP contribution in [0.4, 0.5) is 10.3 Å². The third kappa shape index (κ3) is 4.19. The highest BCUT2D eigenvalue weighted by Gasteiger charge is 2.14. The smallest absolute Gasteiger partial charge is 0.222 e. The molecule has 0 fully saturated rings. The zero-order chi connectivity index (χ0) is 17.9. The highest BCUT2D eigenvalue weighted by molar-refractivity contribution is 5.73. The van der Waals surface area contributed by atoms with Gasteiger partial charge in [-0.2, -0.15) is 0 Å². The van der Waals surface area contributed by atoms with Crippen molar-refractivity contribution in [3.05, 3.63) is 66.7 Å². The molecule has 0 unspecified atom stereocenters. The summed E-state index contributed by atoms with van der Waals surface area (Å²) in [7, 11) is 0. The van der Waals surface area contributed by atoms with Crippen LogP contribution < -0.4 is 5.32 Å². The van der Waals surface area contributed by atoms with E-state index in [1.165, 1.54) is 0 Å². The number of anilines is 1. The summed E-state index contributed by atoms with van der Waals surface area (Å²) >= 11 is 0. The van der Waals surface area contributed by atoms with E-state index in [0.717, 1.165) is 5.56 Å². The standard InChI is InChI=1S/C20H20FN3O/c1-20(2,25)13-24-19-22-11-15(12-23-19)17-10-6-9-16(18(17)21)14-7-4-3-5-8-14/h3-12,25H,13H2,1-2H3,(H,22,23,24). The number of aromatic nitrogens is 2. The van der Waals surface area contributed by atoms with Gasteiger partial charge >= 0.3 is 0 Å². The second-order valence-electron chi connectivity index (χ2n) is 6.49. The topological polar surface area (TPSA) is 58.0 Å². The average Bonchev–Trinajstić information content (AvgIpc) is 2.61. The van der Waals surface area contributed by atoms with Crippen LogP contribution >= 0.6 is 0 Å². The molecule has 0 saturated heterocycles. The van der Waals surface area contributed by atoms with Gasteiger partial charge in [-0.05, 0) is 19.4 Å². The molecule has 25 heavy (non-hydrogen) atoms. The number of hydrogen-bond donors (Lipinski definition) is 2. The van der Waals surface area contributed by atoms with Crippen LogP contribution in [0.15, 0.2) is 60.9 Å². The number of halogens is 1. The second kappa shape index (κ2) is 6.99. The van der Waals surface area contributed by atoms with E-state index in [0.29, 0.717) is 29.2 Å². The number of nitrogens with zero attached hydrogens (tertiary/aromatic N) is 2. The minimum Gasteiger partial charge on any atom is -0.389 e. The summed E-state index contributed by atoms with van der Waals surface area (Å²) in [5, 5.41) is 12.7. The fourth-order valence-electron chi connectivity index (χ4n) is 2.45. The fourth-order valence-corrected chi connectivity index (χ4v) is 2.45. The van der Waals surface area contributed by atoms with E-state index in [1.54, 1.807) is 38.4 Å². The van der Waals surface area contributed by atoms with Crippen LogP contribution in [0, 0.1) is 5.82 Å². The molecule has 4 nitrogen and oxygen atoms in total. The summed E-state index contributed by atoms with van der Waals surface area (Å²) in [5.74, 6) is 0.0972. The van der Waals surface area contributed by atoms with Crippen molar-refractivity contribution in [1.82, 2.24) is 9.97 Å².